The SMILES string of the molecule is C=C(C)C(=O)OCC(=O)OCCOC1(C)C2(C)CC3C(O2)C1(C)OS3(=O)=O. The van der Waals surface area contributed by atoms with E-state index >= 15 is 0 Å². The maximum absolute atomic E-state index is 12.2. The van der Waals surface area contributed by atoms with Gasteiger partial charge in [0.2, 0.25) is 0 Å². The molecule has 0 aromatic carbocycles. The van der Waals surface area contributed by atoms with Crippen molar-refractivity contribution in [1.82, 2.24) is 0 Å². The van der Waals surface area contributed by atoms with Gasteiger partial charge in [-0.3, -0.25) is 4.18 Å². The van der Waals surface area contributed by atoms with Crippen molar-refractivity contribution in [2.75, 3.05) is 19.8 Å². The Morgan fingerprint density at radius 3 is 2.48 bits per heavy atom. The van der Waals surface area contributed by atoms with Crippen LogP contribution in [0.25, 0.3) is 0 Å². The molecule has 5 atom stereocenters. The molecule has 10 heteroatoms. The van der Waals surface area contributed by atoms with Gasteiger partial charge in [0.05, 0.1) is 12.2 Å². The van der Waals surface area contributed by atoms with E-state index in [9.17, 15) is 18.0 Å². The standard InChI is InChI=1S/C17H24O9S/c1-10(2)14(19)23-9-12(18)22-6-7-24-17(5)15(3)8-11-13(25-15)16(17,4)26-27(11,20)21/h11,13H,1,6-9H2,2-5H3. The molecule has 0 amide bonds. The van der Waals surface area contributed by atoms with Crippen molar-refractivity contribution in [3.63, 3.8) is 0 Å². The average Bonchev–Trinajstić information content (AvgIpc) is 3.07. The summed E-state index contributed by atoms with van der Waals surface area (Å²) in [5.41, 5.74) is -2.84. The van der Waals surface area contributed by atoms with Gasteiger partial charge in [-0.05, 0) is 27.7 Å². The van der Waals surface area contributed by atoms with Gasteiger partial charge >= 0.3 is 11.9 Å². The zero-order valence-electron chi connectivity index (χ0n) is 15.8. The Hall–Kier alpha value is -1.49. The normalized spacial score (nSPS) is 40.7. The van der Waals surface area contributed by atoms with Gasteiger partial charge in [-0.2, -0.15) is 8.42 Å². The van der Waals surface area contributed by atoms with Crippen LogP contribution in [0.2, 0.25) is 0 Å². The van der Waals surface area contributed by atoms with E-state index in [1.165, 1.54) is 6.92 Å². The molecule has 0 N–H and O–H groups in total. The summed E-state index contributed by atoms with van der Waals surface area (Å²) >= 11 is 0. The van der Waals surface area contributed by atoms with Crippen molar-refractivity contribution in [1.29, 1.82) is 0 Å². The van der Waals surface area contributed by atoms with Crippen LogP contribution in [-0.4, -0.2) is 68.3 Å². The van der Waals surface area contributed by atoms with Crippen molar-refractivity contribution in [3.05, 3.63) is 12.2 Å². The van der Waals surface area contributed by atoms with Crippen LogP contribution in [0.3, 0.4) is 0 Å². The molecule has 0 spiro atoms. The van der Waals surface area contributed by atoms with Crippen molar-refractivity contribution in [3.8, 4) is 0 Å². The van der Waals surface area contributed by atoms with Crippen LogP contribution in [0.5, 0.6) is 0 Å². The van der Waals surface area contributed by atoms with Crippen LogP contribution in [0.1, 0.15) is 34.1 Å². The Bertz CT molecular complexity index is 790. The maximum atomic E-state index is 12.2. The molecule has 0 aromatic heterocycles. The Balaban J connectivity index is 1.55. The quantitative estimate of drug-likeness (QED) is 0.258. The van der Waals surface area contributed by atoms with E-state index in [1.807, 2.05) is 0 Å². The lowest BCUT2D eigenvalue weighted by Crippen LogP contribution is -2.63. The molecule has 9 nitrogen and oxygen atoms in total. The van der Waals surface area contributed by atoms with Gasteiger partial charge in [-0.1, -0.05) is 6.58 Å². The highest BCUT2D eigenvalue weighted by atomic mass is 32.2. The van der Waals surface area contributed by atoms with E-state index in [1.54, 1.807) is 20.8 Å². The highest BCUT2D eigenvalue weighted by molar-refractivity contribution is 7.87. The van der Waals surface area contributed by atoms with Gasteiger partial charge in [0, 0.05) is 12.0 Å². The van der Waals surface area contributed by atoms with E-state index in [0.29, 0.717) is 0 Å². The van der Waals surface area contributed by atoms with E-state index in [-0.39, 0.29) is 25.2 Å². The Morgan fingerprint density at radius 2 is 1.85 bits per heavy atom. The van der Waals surface area contributed by atoms with Crippen LogP contribution in [0, 0.1) is 0 Å². The van der Waals surface area contributed by atoms with E-state index in [0.717, 1.165) is 0 Å². The first-order valence-corrected chi connectivity index (χ1v) is 10.1. The summed E-state index contributed by atoms with van der Waals surface area (Å²) in [5, 5.41) is -0.690. The average molecular weight is 404 g/mol. The molecule has 0 aliphatic carbocycles. The van der Waals surface area contributed by atoms with Gasteiger partial charge in [0.1, 0.15) is 29.2 Å². The third-order valence-electron chi connectivity index (χ3n) is 5.88. The van der Waals surface area contributed by atoms with Gasteiger partial charge in [-0.25, -0.2) is 9.59 Å². The van der Waals surface area contributed by atoms with Gasteiger partial charge < -0.3 is 18.9 Å². The minimum Gasteiger partial charge on any atom is -0.461 e. The molecule has 27 heavy (non-hydrogen) atoms. The fraction of sp³-hybridized carbons (Fsp3) is 0.765. The lowest BCUT2D eigenvalue weighted by Gasteiger charge is -2.45. The Labute approximate surface area is 158 Å². The minimum absolute atomic E-state index is 0.00596. The summed E-state index contributed by atoms with van der Waals surface area (Å²) < 4.78 is 51.5. The van der Waals surface area contributed by atoms with E-state index in [4.69, 9.17) is 23.1 Å². The third kappa shape index (κ3) is 2.89. The van der Waals surface area contributed by atoms with Crippen LogP contribution >= 0.6 is 0 Å². The second kappa shape index (κ2) is 6.26. The molecule has 3 heterocycles. The second-order valence-electron chi connectivity index (χ2n) is 7.65. The van der Waals surface area contributed by atoms with Gasteiger partial charge in [0.25, 0.3) is 10.1 Å². The molecule has 3 aliphatic rings. The van der Waals surface area contributed by atoms with Gasteiger partial charge in [-0.15, -0.1) is 0 Å². The van der Waals surface area contributed by atoms with Crippen molar-refractivity contribution in [2.24, 2.45) is 0 Å². The fourth-order valence-electron chi connectivity index (χ4n) is 4.14. The van der Waals surface area contributed by atoms with Crippen molar-refractivity contribution in [2.45, 2.75) is 62.3 Å². The topological polar surface area (TPSA) is 114 Å². The number of hydrogen-bond acceptors (Lipinski definition) is 9. The third-order valence-corrected chi connectivity index (χ3v) is 7.62. The Kier molecular flexibility index (Phi) is 4.70. The lowest BCUT2D eigenvalue weighted by atomic mass is 9.67. The molecule has 0 aromatic rings. The number of ether oxygens (including phenoxy) is 4. The monoisotopic (exact) mass is 404 g/mol. The van der Waals surface area contributed by atoms with Gasteiger partial charge in [0.15, 0.2) is 6.61 Å². The Morgan fingerprint density at radius 1 is 1.19 bits per heavy atom. The number of carbonyl (C=O) groups is 2. The molecule has 152 valence electrons. The maximum Gasteiger partial charge on any atom is 0.344 e. The van der Waals surface area contributed by atoms with Crippen molar-refractivity contribution >= 4 is 22.1 Å². The van der Waals surface area contributed by atoms with Crippen LogP contribution < -0.4 is 0 Å². The van der Waals surface area contributed by atoms with Crippen LogP contribution in [0.4, 0.5) is 0 Å². The highest BCUT2D eigenvalue weighted by Gasteiger charge is 2.82. The first-order chi connectivity index (χ1) is 12.4. The largest absolute Gasteiger partial charge is 0.461 e. The van der Waals surface area contributed by atoms with Crippen molar-refractivity contribution < 1.29 is 41.1 Å². The number of fused-ring (bicyclic) bond motifs is 1. The molecule has 3 aliphatic heterocycles. The molecule has 3 saturated heterocycles. The summed E-state index contributed by atoms with van der Waals surface area (Å²) in [6, 6.07) is 0. The molecule has 3 fully saturated rings. The molecule has 2 bridgehead atoms. The van der Waals surface area contributed by atoms with Crippen LogP contribution in [-0.2, 0) is 42.8 Å². The lowest BCUT2D eigenvalue weighted by molar-refractivity contribution is -0.185. The fourth-order valence-corrected chi connectivity index (χ4v) is 6.14. The zero-order chi connectivity index (χ0) is 20.3. The second-order valence-corrected chi connectivity index (χ2v) is 9.41. The molecule has 5 unspecified atom stereocenters. The smallest absolute Gasteiger partial charge is 0.344 e. The summed E-state index contributed by atoms with van der Waals surface area (Å²) in [6.45, 7) is 9.49. The number of rotatable bonds is 7. The first kappa shape index (κ1) is 20.2. The van der Waals surface area contributed by atoms with Crippen LogP contribution in [0.15, 0.2) is 12.2 Å². The molecular weight excluding hydrogens is 380 g/mol. The molecular formula is C17H24O9S. The first-order valence-electron chi connectivity index (χ1n) is 8.61. The highest BCUT2D eigenvalue weighted by Crippen LogP contribution is 2.64. The summed E-state index contributed by atoms with van der Waals surface area (Å²) in [5.74, 6) is -1.40. The summed E-state index contributed by atoms with van der Waals surface area (Å²) in [6.07, 6.45) is -0.315. The molecule has 0 radical (unpaired) electrons. The van der Waals surface area contributed by atoms with E-state index in [2.05, 4.69) is 6.58 Å². The number of hydrogen-bond donors (Lipinski definition) is 0. The number of carbonyl (C=O) groups excluding carboxylic acids is 2. The summed E-state index contributed by atoms with van der Waals surface area (Å²) in [4.78, 5) is 22.8. The minimum atomic E-state index is -3.71. The predicted octanol–water partition coefficient (Wildman–Crippen LogP) is 0.473. The molecule has 0 saturated carbocycles. The zero-order valence-corrected chi connectivity index (χ0v) is 16.6. The van der Waals surface area contributed by atoms with E-state index < -0.39 is 56.8 Å². The summed E-state index contributed by atoms with van der Waals surface area (Å²) in [7, 11) is -3.71. The molecule has 3 rings (SSSR count). The number of esters is 2. The predicted molar refractivity (Wildman–Crippen MR) is 91.2 cm³/mol.